The van der Waals surface area contributed by atoms with Crippen LogP contribution in [0.5, 0.6) is 5.75 Å². The first-order chi connectivity index (χ1) is 7.04. The number of rotatable bonds is 3. The quantitative estimate of drug-likeness (QED) is 0.715. The lowest BCUT2D eigenvalue weighted by Gasteiger charge is -2.05. The van der Waals surface area contributed by atoms with Gasteiger partial charge in [-0.05, 0) is 38.5 Å². The van der Waals surface area contributed by atoms with Crippen molar-refractivity contribution in [1.29, 1.82) is 0 Å². The first kappa shape index (κ1) is 10.4. The fourth-order valence-electron chi connectivity index (χ4n) is 1.69. The highest BCUT2D eigenvalue weighted by Gasteiger charge is 2.48. The van der Waals surface area contributed by atoms with Crippen molar-refractivity contribution in [2.75, 3.05) is 6.61 Å². The van der Waals surface area contributed by atoms with Gasteiger partial charge in [-0.15, -0.1) is 0 Å². The number of hydrogen-bond donors (Lipinski definition) is 0. The lowest BCUT2D eigenvalue weighted by molar-refractivity contribution is 0.318. The number of ether oxygens (including phenoxy) is 2. The molecule has 1 atom stereocenters. The van der Waals surface area contributed by atoms with Gasteiger partial charge in [-0.1, -0.05) is 6.07 Å². The normalized spacial score (nSPS) is 22.5. The van der Waals surface area contributed by atoms with Crippen LogP contribution in [0.3, 0.4) is 0 Å². The zero-order valence-electron chi connectivity index (χ0n) is 9.21. The Morgan fingerprint density at radius 3 is 2.60 bits per heavy atom. The first-order valence-corrected chi connectivity index (χ1v) is 5.14. The van der Waals surface area contributed by atoms with Crippen molar-refractivity contribution in [3.8, 4) is 5.75 Å². The van der Waals surface area contributed by atoms with E-state index in [1.165, 1.54) is 6.07 Å². The van der Waals surface area contributed by atoms with Crippen LogP contribution in [-0.2, 0) is 4.74 Å². The fraction of sp³-hybridized carbons (Fsp3) is 0.500. The van der Waals surface area contributed by atoms with Crippen LogP contribution in [0.4, 0.5) is 4.39 Å². The minimum Gasteiger partial charge on any atom is -0.491 e. The maximum Gasteiger partial charge on any atom is 0.165 e. The maximum atomic E-state index is 13.5. The van der Waals surface area contributed by atoms with E-state index in [0.29, 0.717) is 12.4 Å². The Morgan fingerprint density at radius 2 is 2.13 bits per heavy atom. The van der Waals surface area contributed by atoms with Crippen LogP contribution in [0.2, 0.25) is 0 Å². The number of halogens is 1. The topological polar surface area (TPSA) is 21.8 Å². The summed E-state index contributed by atoms with van der Waals surface area (Å²) in [4.78, 5) is 0. The molecule has 1 aliphatic rings. The molecule has 3 heteroatoms. The van der Waals surface area contributed by atoms with Gasteiger partial charge in [0.15, 0.2) is 11.6 Å². The zero-order chi connectivity index (χ0) is 11.1. The second-order valence-corrected chi connectivity index (χ2v) is 4.22. The minimum absolute atomic E-state index is 0.0164. The maximum absolute atomic E-state index is 13.5. The van der Waals surface area contributed by atoms with E-state index in [2.05, 4.69) is 0 Å². The van der Waals surface area contributed by atoms with E-state index in [-0.39, 0.29) is 17.5 Å². The van der Waals surface area contributed by atoms with Gasteiger partial charge >= 0.3 is 0 Å². The molecule has 0 spiro atoms. The van der Waals surface area contributed by atoms with Crippen LogP contribution in [0.25, 0.3) is 0 Å². The Morgan fingerprint density at radius 1 is 1.47 bits per heavy atom. The van der Waals surface area contributed by atoms with Crippen molar-refractivity contribution in [2.24, 2.45) is 0 Å². The van der Waals surface area contributed by atoms with E-state index in [0.717, 1.165) is 5.56 Å². The second-order valence-electron chi connectivity index (χ2n) is 4.22. The molecule has 0 amide bonds. The molecular weight excluding hydrogens is 195 g/mol. The van der Waals surface area contributed by atoms with Crippen LogP contribution in [0.1, 0.15) is 32.4 Å². The lowest BCUT2D eigenvalue weighted by Crippen LogP contribution is -1.99. The minimum atomic E-state index is -0.319. The Hall–Kier alpha value is -1.09. The summed E-state index contributed by atoms with van der Waals surface area (Å²) in [6, 6.07) is 5.00. The van der Waals surface area contributed by atoms with Gasteiger partial charge in [-0.25, -0.2) is 4.39 Å². The highest BCUT2D eigenvalue weighted by atomic mass is 19.1. The molecule has 0 bridgehead atoms. The Balaban J connectivity index is 2.19. The summed E-state index contributed by atoms with van der Waals surface area (Å²) in [5.74, 6) is -0.0136. The predicted molar refractivity (Wildman–Crippen MR) is 55.5 cm³/mol. The van der Waals surface area contributed by atoms with E-state index in [4.69, 9.17) is 9.47 Å². The van der Waals surface area contributed by atoms with Crippen LogP contribution < -0.4 is 4.74 Å². The molecule has 0 aromatic heterocycles. The lowest BCUT2D eigenvalue weighted by atomic mass is 10.0. The molecule has 1 aromatic carbocycles. The Labute approximate surface area is 89.0 Å². The van der Waals surface area contributed by atoms with Gasteiger partial charge in [0, 0.05) is 0 Å². The summed E-state index contributed by atoms with van der Waals surface area (Å²) in [6.07, 6.45) is 0.0164. The van der Waals surface area contributed by atoms with Crippen LogP contribution in [-0.4, -0.2) is 12.2 Å². The molecule has 15 heavy (non-hydrogen) atoms. The average Bonchev–Trinajstić information content (AvgIpc) is 2.79. The average molecular weight is 210 g/mol. The van der Waals surface area contributed by atoms with Crippen LogP contribution >= 0.6 is 0 Å². The number of benzene rings is 1. The molecule has 1 aromatic rings. The number of epoxide rings is 1. The zero-order valence-corrected chi connectivity index (χ0v) is 9.21. The van der Waals surface area contributed by atoms with Crippen molar-refractivity contribution >= 4 is 0 Å². The van der Waals surface area contributed by atoms with Gasteiger partial charge in [0.1, 0.15) is 6.10 Å². The molecule has 1 fully saturated rings. The molecule has 1 unspecified atom stereocenters. The van der Waals surface area contributed by atoms with Gasteiger partial charge in [0.2, 0.25) is 0 Å². The van der Waals surface area contributed by atoms with E-state index in [9.17, 15) is 4.39 Å². The summed E-state index contributed by atoms with van der Waals surface area (Å²) in [6.45, 7) is 6.29. The van der Waals surface area contributed by atoms with Crippen molar-refractivity contribution in [2.45, 2.75) is 32.5 Å². The molecular formula is C12H15FO2. The van der Waals surface area contributed by atoms with Gasteiger partial charge in [0.05, 0.1) is 12.2 Å². The number of hydrogen-bond acceptors (Lipinski definition) is 2. The smallest absolute Gasteiger partial charge is 0.165 e. The third-order valence-electron chi connectivity index (χ3n) is 2.55. The van der Waals surface area contributed by atoms with E-state index >= 15 is 0 Å². The second kappa shape index (κ2) is 3.49. The highest BCUT2D eigenvalue weighted by Crippen LogP contribution is 2.49. The Kier molecular flexibility index (Phi) is 2.43. The van der Waals surface area contributed by atoms with Crippen molar-refractivity contribution in [3.63, 3.8) is 0 Å². The molecule has 1 saturated heterocycles. The van der Waals surface area contributed by atoms with Gasteiger partial charge in [-0.2, -0.15) is 0 Å². The molecule has 0 radical (unpaired) electrons. The van der Waals surface area contributed by atoms with Crippen LogP contribution in [0.15, 0.2) is 18.2 Å². The fourth-order valence-corrected chi connectivity index (χ4v) is 1.69. The SMILES string of the molecule is CCOc1ccc(C2OC2(C)C)cc1F. The molecule has 0 aliphatic carbocycles. The van der Waals surface area contributed by atoms with Crippen molar-refractivity contribution < 1.29 is 13.9 Å². The van der Waals surface area contributed by atoms with E-state index in [1.54, 1.807) is 6.07 Å². The summed E-state index contributed by atoms with van der Waals surface area (Å²) in [7, 11) is 0. The molecule has 2 nitrogen and oxygen atoms in total. The summed E-state index contributed by atoms with van der Waals surface area (Å²) >= 11 is 0. The molecule has 82 valence electrons. The predicted octanol–water partition coefficient (Wildman–Crippen LogP) is 3.07. The standard InChI is InChI=1S/C12H15FO2/c1-4-14-10-6-5-8(7-9(10)13)11-12(2,3)15-11/h5-7,11H,4H2,1-3H3. The summed E-state index contributed by atoms with van der Waals surface area (Å²) in [5, 5.41) is 0. The first-order valence-electron chi connectivity index (χ1n) is 5.14. The molecule has 1 aliphatic heterocycles. The Bertz CT molecular complexity index is 374. The molecule has 0 N–H and O–H groups in total. The molecule has 2 rings (SSSR count). The molecule has 0 saturated carbocycles. The van der Waals surface area contributed by atoms with Gasteiger partial charge in [-0.3, -0.25) is 0 Å². The van der Waals surface area contributed by atoms with E-state index < -0.39 is 0 Å². The van der Waals surface area contributed by atoms with Gasteiger partial charge in [0.25, 0.3) is 0 Å². The van der Waals surface area contributed by atoms with Crippen molar-refractivity contribution in [3.05, 3.63) is 29.6 Å². The summed E-state index contributed by atoms with van der Waals surface area (Å²) < 4.78 is 24.1. The monoisotopic (exact) mass is 210 g/mol. The van der Waals surface area contributed by atoms with E-state index in [1.807, 2.05) is 26.8 Å². The molecule has 1 heterocycles. The van der Waals surface area contributed by atoms with Gasteiger partial charge < -0.3 is 9.47 Å². The van der Waals surface area contributed by atoms with Crippen LogP contribution in [0, 0.1) is 5.82 Å². The largest absolute Gasteiger partial charge is 0.491 e. The summed E-state index contributed by atoms with van der Waals surface area (Å²) in [5.41, 5.74) is 0.723. The third-order valence-corrected chi connectivity index (χ3v) is 2.55. The highest BCUT2D eigenvalue weighted by molar-refractivity contribution is 5.33. The third kappa shape index (κ3) is 1.97. The van der Waals surface area contributed by atoms with Crippen molar-refractivity contribution in [1.82, 2.24) is 0 Å².